The molecule has 2 atom stereocenters. The van der Waals surface area contributed by atoms with Crippen LogP contribution in [0.4, 0.5) is 0 Å². The zero-order chi connectivity index (χ0) is 8.27. The molecule has 0 heterocycles. The molecule has 0 spiro atoms. The van der Waals surface area contributed by atoms with Gasteiger partial charge in [0.05, 0.1) is 0 Å². The quantitative estimate of drug-likeness (QED) is 0.442. The third-order valence-electron chi connectivity index (χ3n) is 2.20. The fourth-order valence-corrected chi connectivity index (χ4v) is 1.42. The summed E-state index contributed by atoms with van der Waals surface area (Å²) < 4.78 is 0. The average Bonchev–Trinajstić information content (AvgIpc) is 2.04. The Kier molecular flexibility index (Phi) is 2.58. The molecule has 0 radical (unpaired) electrons. The van der Waals surface area contributed by atoms with Gasteiger partial charge in [-0.3, -0.25) is 0 Å². The topological polar surface area (TPSA) is 34.1 Å². The summed E-state index contributed by atoms with van der Waals surface area (Å²) in [6.07, 6.45) is 5.32. The molecule has 2 nitrogen and oxygen atoms in total. The largest absolute Gasteiger partial charge is 0.303 e. The number of carbonyl (C=O) groups excluding carboxylic acids is 2. The van der Waals surface area contributed by atoms with Gasteiger partial charge >= 0.3 is 0 Å². The normalized spacial score (nSPS) is 30.8. The van der Waals surface area contributed by atoms with E-state index in [-0.39, 0.29) is 11.8 Å². The lowest BCUT2D eigenvalue weighted by Crippen LogP contribution is -2.20. The molecule has 0 amide bonds. The molecule has 0 saturated heterocycles. The van der Waals surface area contributed by atoms with Crippen LogP contribution in [0.2, 0.25) is 0 Å². The van der Waals surface area contributed by atoms with Crippen LogP contribution in [0, 0.1) is 11.8 Å². The van der Waals surface area contributed by atoms with Crippen molar-refractivity contribution in [3.63, 3.8) is 0 Å². The van der Waals surface area contributed by atoms with Crippen molar-refractivity contribution in [2.75, 3.05) is 0 Å². The molecule has 1 aliphatic rings. The molecule has 0 aromatic heterocycles. The Labute approximate surface area is 66.3 Å². The Balaban J connectivity index is 2.69. The molecule has 0 aliphatic heterocycles. The molecule has 0 saturated carbocycles. The van der Waals surface area contributed by atoms with Crippen LogP contribution in [0.5, 0.6) is 0 Å². The lowest BCUT2D eigenvalue weighted by molar-refractivity contribution is -0.119. The summed E-state index contributed by atoms with van der Waals surface area (Å²) in [7, 11) is 0. The molecule has 1 aliphatic carbocycles. The van der Waals surface area contributed by atoms with Crippen LogP contribution in [0.1, 0.15) is 19.8 Å². The van der Waals surface area contributed by atoms with Gasteiger partial charge in [-0.1, -0.05) is 11.6 Å². The fraction of sp³-hybridized carbons (Fsp3) is 0.556. The number of hydrogen-bond donors (Lipinski definition) is 0. The minimum Gasteiger partial charge on any atom is -0.303 e. The SMILES string of the molecule is CC1=CCC(C=O)C(C=O)C1. The number of hydrogen-bond acceptors (Lipinski definition) is 2. The average molecular weight is 152 g/mol. The van der Waals surface area contributed by atoms with Crippen LogP contribution < -0.4 is 0 Å². The van der Waals surface area contributed by atoms with E-state index in [2.05, 4.69) is 0 Å². The predicted octanol–water partition coefficient (Wildman–Crippen LogP) is 1.36. The first-order chi connectivity index (χ1) is 5.27. The van der Waals surface area contributed by atoms with Crippen molar-refractivity contribution in [2.24, 2.45) is 11.8 Å². The Morgan fingerprint density at radius 2 is 2.00 bits per heavy atom. The summed E-state index contributed by atoms with van der Waals surface area (Å²) in [4.78, 5) is 20.9. The summed E-state index contributed by atoms with van der Waals surface area (Å²) >= 11 is 0. The highest BCUT2D eigenvalue weighted by atomic mass is 16.1. The van der Waals surface area contributed by atoms with Crippen molar-refractivity contribution >= 4 is 12.6 Å². The molecule has 0 aromatic rings. The van der Waals surface area contributed by atoms with Crippen LogP contribution in [-0.4, -0.2) is 12.6 Å². The molecule has 60 valence electrons. The minimum atomic E-state index is -0.0730. The van der Waals surface area contributed by atoms with E-state index in [0.29, 0.717) is 0 Å². The third kappa shape index (κ3) is 1.76. The lowest BCUT2D eigenvalue weighted by Gasteiger charge is -2.21. The zero-order valence-corrected chi connectivity index (χ0v) is 6.62. The Morgan fingerprint density at radius 3 is 2.55 bits per heavy atom. The van der Waals surface area contributed by atoms with Gasteiger partial charge < -0.3 is 9.59 Å². The predicted molar refractivity (Wildman–Crippen MR) is 42.1 cm³/mol. The van der Waals surface area contributed by atoms with Gasteiger partial charge in [-0.25, -0.2) is 0 Å². The summed E-state index contributed by atoms with van der Waals surface area (Å²) in [6, 6.07) is 0. The highest BCUT2D eigenvalue weighted by Crippen LogP contribution is 2.26. The Bertz CT molecular complexity index is 194. The molecular formula is C9H12O2. The summed E-state index contributed by atoms with van der Waals surface area (Å²) in [6.45, 7) is 2.00. The number of rotatable bonds is 2. The molecule has 0 bridgehead atoms. The smallest absolute Gasteiger partial charge is 0.124 e. The minimum absolute atomic E-state index is 0.0718. The molecule has 11 heavy (non-hydrogen) atoms. The highest BCUT2D eigenvalue weighted by molar-refractivity contribution is 5.66. The molecular weight excluding hydrogens is 140 g/mol. The first-order valence-corrected chi connectivity index (χ1v) is 3.84. The van der Waals surface area contributed by atoms with Gasteiger partial charge in [0, 0.05) is 11.8 Å². The van der Waals surface area contributed by atoms with E-state index in [4.69, 9.17) is 0 Å². The van der Waals surface area contributed by atoms with E-state index in [1.165, 1.54) is 5.57 Å². The molecule has 0 aromatic carbocycles. The van der Waals surface area contributed by atoms with Crippen LogP contribution in [0.3, 0.4) is 0 Å². The van der Waals surface area contributed by atoms with Crippen LogP contribution in [-0.2, 0) is 9.59 Å². The van der Waals surface area contributed by atoms with E-state index in [1.54, 1.807) is 0 Å². The number of carbonyl (C=O) groups is 2. The van der Waals surface area contributed by atoms with Crippen molar-refractivity contribution in [1.82, 2.24) is 0 Å². The monoisotopic (exact) mass is 152 g/mol. The van der Waals surface area contributed by atoms with Gasteiger partial charge in [-0.15, -0.1) is 0 Å². The van der Waals surface area contributed by atoms with Gasteiger partial charge in [-0.05, 0) is 19.8 Å². The molecule has 2 heteroatoms. The number of aldehydes is 2. The maximum absolute atomic E-state index is 10.5. The van der Waals surface area contributed by atoms with Gasteiger partial charge in [-0.2, -0.15) is 0 Å². The maximum Gasteiger partial charge on any atom is 0.124 e. The van der Waals surface area contributed by atoms with Gasteiger partial charge in [0.2, 0.25) is 0 Å². The fourth-order valence-electron chi connectivity index (χ4n) is 1.42. The van der Waals surface area contributed by atoms with Crippen LogP contribution in [0.15, 0.2) is 11.6 Å². The van der Waals surface area contributed by atoms with Crippen molar-refractivity contribution in [2.45, 2.75) is 19.8 Å². The highest BCUT2D eigenvalue weighted by Gasteiger charge is 2.23. The van der Waals surface area contributed by atoms with Crippen molar-refractivity contribution < 1.29 is 9.59 Å². The maximum atomic E-state index is 10.5. The van der Waals surface area contributed by atoms with Crippen LogP contribution in [0.25, 0.3) is 0 Å². The van der Waals surface area contributed by atoms with Gasteiger partial charge in [0.15, 0.2) is 0 Å². The third-order valence-corrected chi connectivity index (χ3v) is 2.20. The summed E-state index contributed by atoms with van der Waals surface area (Å²) in [5.74, 6) is -0.145. The van der Waals surface area contributed by atoms with Crippen molar-refractivity contribution in [1.29, 1.82) is 0 Å². The second-order valence-corrected chi connectivity index (χ2v) is 3.09. The molecule has 1 rings (SSSR count). The second-order valence-electron chi connectivity index (χ2n) is 3.09. The first kappa shape index (κ1) is 8.18. The Morgan fingerprint density at radius 1 is 1.36 bits per heavy atom. The molecule has 0 N–H and O–H groups in total. The van der Waals surface area contributed by atoms with Gasteiger partial charge in [0.25, 0.3) is 0 Å². The van der Waals surface area contributed by atoms with E-state index < -0.39 is 0 Å². The number of allylic oxidation sites excluding steroid dienone is 2. The van der Waals surface area contributed by atoms with E-state index >= 15 is 0 Å². The second kappa shape index (κ2) is 3.46. The zero-order valence-electron chi connectivity index (χ0n) is 6.62. The van der Waals surface area contributed by atoms with E-state index in [0.717, 1.165) is 25.4 Å². The summed E-state index contributed by atoms with van der Waals surface area (Å²) in [5.41, 5.74) is 1.22. The van der Waals surface area contributed by atoms with Gasteiger partial charge in [0.1, 0.15) is 12.6 Å². The van der Waals surface area contributed by atoms with Crippen LogP contribution >= 0.6 is 0 Å². The van der Waals surface area contributed by atoms with E-state index in [1.807, 2.05) is 13.0 Å². The molecule has 2 unspecified atom stereocenters. The lowest BCUT2D eigenvalue weighted by atomic mass is 9.82. The van der Waals surface area contributed by atoms with E-state index in [9.17, 15) is 9.59 Å². The first-order valence-electron chi connectivity index (χ1n) is 3.84. The summed E-state index contributed by atoms with van der Waals surface area (Å²) in [5, 5.41) is 0. The van der Waals surface area contributed by atoms with Crippen molar-refractivity contribution in [3.05, 3.63) is 11.6 Å². The van der Waals surface area contributed by atoms with Crippen molar-refractivity contribution in [3.8, 4) is 0 Å². The molecule has 0 fully saturated rings. The standard InChI is InChI=1S/C9H12O2/c1-7-2-3-8(5-10)9(4-7)6-11/h2,5-6,8-9H,3-4H2,1H3. The Hall–Kier alpha value is -0.920.